The molecule has 0 spiro atoms. The number of aliphatic imine (C=N–C) groups is 1. The summed E-state index contributed by atoms with van der Waals surface area (Å²) in [7, 11) is 0. The Bertz CT molecular complexity index is 384. The first-order valence-corrected chi connectivity index (χ1v) is 7.45. The summed E-state index contributed by atoms with van der Waals surface area (Å²) in [5, 5.41) is 11.8. The molecule has 0 fully saturated rings. The zero-order chi connectivity index (χ0) is 11.4. The highest BCUT2D eigenvalue weighted by Crippen LogP contribution is 2.31. The summed E-state index contributed by atoms with van der Waals surface area (Å²) in [4.78, 5) is 4.48. The van der Waals surface area contributed by atoms with Crippen LogP contribution < -0.4 is 0 Å². The summed E-state index contributed by atoms with van der Waals surface area (Å²) in [6, 6.07) is 2.50. The number of hydrogen-bond acceptors (Lipinski definition) is 4. The topological polar surface area (TPSA) is 28.0 Å². The van der Waals surface area contributed by atoms with Crippen molar-refractivity contribution in [3.63, 3.8) is 0 Å². The van der Waals surface area contributed by atoms with Crippen LogP contribution in [-0.4, -0.2) is 29.2 Å². The van der Waals surface area contributed by atoms with Gasteiger partial charge in [-0.25, -0.2) is 5.01 Å². The molecule has 0 aliphatic carbocycles. The third kappa shape index (κ3) is 2.30. The van der Waals surface area contributed by atoms with Crippen LogP contribution >= 0.6 is 23.1 Å². The minimum atomic E-state index is 0.337. The molecule has 1 aliphatic heterocycles. The molecule has 1 atom stereocenters. The Hall–Kier alpha value is -0.810. The lowest BCUT2D eigenvalue weighted by Crippen LogP contribution is -2.24. The summed E-state index contributed by atoms with van der Waals surface area (Å²) < 4.78 is 0. The molecule has 86 valence electrons. The van der Waals surface area contributed by atoms with Crippen molar-refractivity contribution in [1.29, 1.82) is 0 Å². The predicted octanol–water partition coefficient (Wildman–Crippen LogP) is 3.22. The Morgan fingerprint density at radius 3 is 3.25 bits per heavy atom. The van der Waals surface area contributed by atoms with Gasteiger partial charge in [0.05, 0.1) is 6.04 Å². The van der Waals surface area contributed by atoms with Crippen molar-refractivity contribution in [2.75, 3.05) is 12.8 Å². The normalized spacial score (nSPS) is 20.8. The summed E-state index contributed by atoms with van der Waals surface area (Å²) in [5.74, 6) is 0. The molecule has 2 rings (SSSR count). The predicted molar refractivity (Wildman–Crippen MR) is 73.5 cm³/mol. The Kier molecular flexibility index (Phi) is 4.01. The standard InChI is InChI=1S/C11H15N3S2/c1-3-12-11(15-2)14-10(4-6-13-14)9-5-7-16-8-9/h5-8,10H,3-4H2,1-2H3/b12-11-. The van der Waals surface area contributed by atoms with E-state index in [1.807, 2.05) is 17.5 Å². The van der Waals surface area contributed by atoms with Gasteiger partial charge in [0, 0.05) is 19.2 Å². The van der Waals surface area contributed by atoms with Gasteiger partial charge in [0.1, 0.15) is 0 Å². The van der Waals surface area contributed by atoms with Crippen LogP contribution in [0.15, 0.2) is 26.9 Å². The van der Waals surface area contributed by atoms with Crippen LogP contribution in [0.4, 0.5) is 0 Å². The molecule has 16 heavy (non-hydrogen) atoms. The quantitative estimate of drug-likeness (QED) is 0.598. The zero-order valence-corrected chi connectivity index (χ0v) is 11.1. The SMILES string of the molecule is CC/N=C(\SC)N1N=CCC1c1ccsc1. The van der Waals surface area contributed by atoms with Crippen LogP contribution in [0, 0.1) is 0 Å². The van der Waals surface area contributed by atoms with Gasteiger partial charge < -0.3 is 0 Å². The third-order valence-corrected chi connectivity index (χ3v) is 3.81. The van der Waals surface area contributed by atoms with Crippen molar-refractivity contribution in [1.82, 2.24) is 5.01 Å². The van der Waals surface area contributed by atoms with E-state index in [1.54, 1.807) is 23.1 Å². The van der Waals surface area contributed by atoms with Crippen LogP contribution in [-0.2, 0) is 0 Å². The molecule has 1 aliphatic rings. The molecule has 0 aromatic carbocycles. The van der Waals surface area contributed by atoms with Gasteiger partial charge in [0.15, 0.2) is 5.17 Å². The second kappa shape index (κ2) is 5.50. The number of amidine groups is 1. The van der Waals surface area contributed by atoms with Crippen LogP contribution in [0.1, 0.15) is 24.9 Å². The third-order valence-electron chi connectivity index (χ3n) is 2.43. The lowest BCUT2D eigenvalue weighted by atomic mass is 10.1. The number of hydrazone groups is 1. The lowest BCUT2D eigenvalue weighted by Gasteiger charge is -2.23. The Balaban J connectivity index is 2.20. The molecular formula is C11H15N3S2. The molecule has 0 amide bonds. The van der Waals surface area contributed by atoms with Gasteiger partial charge in [-0.05, 0) is 35.6 Å². The van der Waals surface area contributed by atoms with E-state index in [2.05, 4.69) is 33.8 Å². The molecule has 0 N–H and O–H groups in total. The van der Waals surface area contributed by atoms with Gasteiger partial charge in [-0.15, -0.1) is 0 Å². The van der Waals surface area contributed by atoms with Crippen molar-refractivity contribution in [3.8, 4) is 0 Å². The molecule has 0 saturated carbocycles. The second-order valence-electron chi connectivity index (χ2n) is 3.41. The van der Waals surface area contributed by atoms with Gasteiger partial charge in [-0.1, -0.05) is 11.8 Å². The van der Waals surface area contributed by atoms with Crippen LogP contribution in [0.2, 0.25) is 0 Å². The summed E-state index contributed by atoms with van der Waals surface area (Å²) in [6.45, 7) is 2.86. The van der Waals surface area contributed by atoms with Gasteiger partial charge in [-0.3, -0.25) is 4.99 Å². The Morgan fingerprint density at radius 1 is 1.75 bits per heavy atom. The number of hydrogen-bond donors (Lipinski definition) is 0. The molecule has 1 unspecified atom stereocenters. The molecule has 2 heterocycles. The fourth-order valence-corrected chi connectivity index (χ4v) is 3.03. The van der Waals surface area contributed by atoms with E-state index in [9.17, 15) is 0 Å². The van der Waals surface area contributed by atoms with Crippen molar-refractivity contribution in [3.05, 3.63) is 22.4 Å². The highest BCUT2D eigenvalue weighted by atomic mass is 32.2. The van der Waals surface area contributed by atoms with E-state index in [0.717, 1.165) is 18.1 Å². The van der Waals surface area contributed by atoms with Crippen molar-refractivity contribution < 1.29 is 0 Å². The Morgan fingerprint density at radius 2 is 2.62 bits per heavy atom. The van der Waals surface area contributed by atoms with Gasteiger partial charge in [0.25, 0.3) is 0 Å². The maximum absolute atomic E-state index is 4.48. The average Bonchev–Trinajstić information content (AvgIpc) is 2.94. The first kappa shape index (κ1) is 11.7. The smallest absolute Gasteiger partial charge is 0.180 e. The largest absolute Gasteiger partial charge is 0.261 e. The molecular weight excluding hydrogens is 238 g/mol. The second-order valence-corrected chi connectivity index (χ2v) is 4.97. The number of rotatable bonds is 2. The van der Waals surface area contributed by atoms with Gasteiger partial charge in [-0.2, -0.15) is 16.4 Å². The maximum atomic E-state index is 4.48. The monoisotopic (exact) mass is 253 g/mol. The number of thioether (sulfide) groups is 1. The van der Waals surface area contributed by atoms with E-state index >= 15 is 0 Å². The molecule has 5 heteroatoms. The van der Waals surface area contributed by atoms with E-state index in [1.165, 1.54) is 5.56 Å². The van der Waals surface area contributed by atoms with Crippen LogP contribution in [0.3, 0.4) is 0 Å². The molecule has 0 bridgehead atoms. The van der Waals surface area contributed by atoms with Gasteiger partial charge >= 0.3 is 0 Å². The first-order valence-electron chi connectivity index (χ1n) is 5.29. The highest BCUT2D eigenvalue weighted by molar-refractivity contribution is 8.13. The van der Waals surface area contributed by atoms with Crippen molar-refractivity contribution >= 4 is 34.5 Å². The van der Waals surface area contributed by atoms with Crippen molar-refractivity contribution in [2.24, 2.45) is 10.1 Å². The zero-order valence-electron chi connectivity index (χ0n) is 9.46. The van der Waals surface area contributed by atoms with Gasteiger partial charge in [0.2, 0.25) is 0 Å². The summed E-state index contributed by atoms with van der Waals surface area (Å²) in [5.41, 5.74) is 1.33. The molecule has 0 saturated heterocycles. The summed E-state index contributed by atoms with van der Waals surface area (Å²) in [6.07, 6.45) is 5.00. The summed E-state index contributed by atoms with van der Waals surface area (Å²) >= 11 is 3.39. The minimum Gasteiger partial charge on any atom is -0.261 e. The molecule has 1 aromatic heterocycles. The number of nitrogens with zero attached hydrogens (tertiary/aromatic N) is 3. The molecule has 1 aromatic rings. The minimum absolute atomic E-state index is 0.337. The Labute approximate surface area is 104 Å². The fraction of sp³-hybridized carbons (Fsp3) is 0.455. The van der Waals surface area contributed by atoms with Crippen molar-refractivity contribution in [2.45, 2.75) is 19.4 Å². The first-order chi connectivity index (χ1) is 7.86. The van der Waals surface area contributed by atoms with E-state index in [-0.39, 0.29) is 0 Å². The van der Waals surface area contributed by atoms with E-state index < -0.39 is 0 Å². The van der Waals surface area contributed by atoms with E-state index in [4.69, 9.17) is 0 Å². The average molecular weight is 253 g/mol. The maximum Gasteiger partial charge on any atom is 0.180 e. The molecule has 0 radical (unpaired) electrons. The highest BCUT2D eigenvalue weighted by Gasteiger charge is 2.26. The van der Waals surface area contributed by atoms with Crippen LogP contribution in [0.25, 0.3) is 0 Å². The lowest BCUT2D eigenvalue weighted by molar-refractivity contribution is 0.377. The van der Waals surface area contributed by atoms with E-state index in [0.29, 0.717) is 6.04 Å². The van der Waals surface area contributed by atoms with Crippen LogP contribution in [0.5, 0.6) is 0 Å². The number of thiophene rings is 1. The molecule has 3 nitrogen and oxygen atoms in total. The fourth-order valence-electron chi connectivity index (χ4n) is 1.71.